The first-order valence-electron chi connectivity index (χ1n) is 19.4. The van der Waals surface area contributed by atoms with Gasteiger partial charge in [-0.3, -0.25) is 0 Å². The van der Waals surface area contributed by atoms with Crippen LogP contribution in [0, 0.1) is 0 Å². The quantitative estimate of drug-likeness (QED) is 0.181. The second kappa shape index (κ2) is 12.7. The Morgan fingerprint density at radius 2 is 0.780 bits per heavy atom. The van der Waals surface area contributed by atoms with Gasteiger partial charge in [0.25, 0.3) is 0 Å². The number of hydrogen-bond acceptors (Lipinski definition) is 3. The highest BCUT2D eigenvalue weighted by molar-refractivity contribution is 6.05. The summed E-state index contributed by atoms with van der Waals surface area (Å²) in [5, 5.41) is 2.72. The van der Waals surface area contributed by atoms with Crippen LogP contribution in [0.5, 0.6) is 0 Å². The highest BCUT2D eigenvalue weighted by atomic mass is 15.0. The first kappa shape index (κ1) is 23.6. The molecule has 50 heavy (non-hydrogen) atoms. The number of benzene rings is 8. The summed E-state index contributed by atoms with van der Waals surface area (Å²) in [7, 11) is 0. The Morgan fingerprint density at radius 1 is 0.320 bits per heavy atom. The van der Waals surface area contributed by atoms with E-state index in [1.54, 1.807) is 36.4 Å². The van der Waals surface area contributed by atoms with Crippen molar-refractivity contribution in [1.29, 1.82) is 0 Å². The van der Waals surface area contributed by atoms with Crippen molar-refractivity contribution in [3.05, 3.63) is 188 Å². The number of rotatable bonds is 6. The summed E-state index contributed by atoms with van der Waals surface area (Å²) >= 11 is 0. The molecule has 9 rings (SSSR count). The number of aromatic nitrogens is 3. The summed E-state index contributed by atoms with van der Waals surface area (Å²) in [5.74, 6) is 1.35. The Kier molecular flexibility index (Phi) is 6.00. The number of hydrogen-bond donors (Lipinski definition) is 0. The summed E-state index contributed by atoms with van der Waals surface area (Å²) < 4.78 is 53.6. The average Bonchev–Trinajstić information content (AvgIpc) is 3.26. The second-order valence-corrected chi connectivity index (χ2v) is 12.0. The van der Waals surface area contributed by atoms with E-state index < -0.39 is 12.1 Å². The van der Waals surface area contributed by atoms with E-state index in [2.05, 4.69) is 42.5 Å². The topological polar surface area (TPSA) is 38.7 Å². The van der Waals surface area contributed by atoms with E-state index in [0.717, 1.165) is 22.3 Å². The minimum absolute atomic E-state index is 0.130. The highest BCUT2D eigenvalue weighted by Gasteiger charge is 2.15. The van der Waals surface area contributed by atoms with Crippen molar-refractivity contribution in [2.24, 2.45) is 0 Å². The van der Waals surface area contributed by atoms with Crippen molar-refractivity contribution in [3.8, 4) is 67.5 Å². The summed E-state index contributed by atoms with van der Waals surface area (Å²) in [6.45, 7) is 0. The van der Waals surface area contributed by atoms with Crippen LogP contribution in [0.3, 0.4) is 0 Å². The average molecular weight is 644 g/mol. The van der Waals surface area contributed by atoms with E-state index >= 15 is 0 Å². The Balaban J connectivity index is 1.21. The lowest BCUT2D eigenvalue weighted by atomic mass is 9.91. The van der Waals surface area contributed by atoms with Gasteiger partial charge in [-0.2, -0.15) is 0 Å². The summed E-state index contributed by atoms with van der Waals surface area (Å²) in [5.41, 5.74) is 6.05. The third kappa shape index (κ3) is 5.51. The van der Waals surface area contributed by atoms with Crippen molar-refractivity contribution in [3.63, 3.8) is 0 Å². The molecule has 1 aromatic heterocycles. The Morgan fingerprint density at radius 3 is 1.48 bits per heavy atom. The maximum Gasteiger partial charge on any atom is 0.164 e. The van der Waals surface area contributed by atoms with Crippen LogP contribution in [0.25, 0.3) is 89.1 Å². The van der Waals surface area contributed by atoms with E-state index in [4.69, 9.17) is 20.4 Å². The van der Waals surface area contributed by atoms with Crippen LogP contribution in [-0.4, -0.2) is 15.0 Å². The Labute approximate surface area is 299 Å². The third-order valence-electron chi connectivity index (χ3n) is 8.88. The molecule has 0 amide bonds. The third-order valence-corrected chi connectivity index (χ3v) is 8.88. The molecule has 0 N–H and O–H groups in total. The zero-order valence-corrected chi connectivity index (χ0v) is 26.8. The Bertz CT molecular complexity index is 2970. The SMILES string of the molecule is [2H]c1c([2H])c([2H])c2c(-c3cccc(-c4nc(-c5ccccc5)nc(-c5ccc(-c6cccc7ccccc67)cc5)n4)c3)c([2H])c([2H])c(-c3ccccc3)c2c1[2H]. The van der Waals surface area contributed by atoms with E-state index in [1.165, 1.54) is 10.8 Å². The molecule has 0 unspecified atom stereocenters. The van der Waals surface area contributed by atoms with E-state index in [0.29, 0.717) is 39.7 Å². The highest BCUT2D eigenvalue weighted by Crippen LogP contribution is 2.37. The molecule has 0 fully saturated rings. The smallest absolute Gasteiger partial charge is 0.164 e. The van der Waals surface area contributed by atoms with Gasteiger partial charge in [0.15, 0.2) is 17.5 Å². The number of fused-ring (bicyclic) bond motifs is 2. The zero-order valence-electron chi connectivity index (χ0n) is 32.8. The number of nitrogens with zero attached hydrogens (tertiary/aromatic N) is 3. The molecule has 0 radical (unpaired) electrons. The molecular formula is C47H31N3. The summed E-state index contributed by atoms with van der Waals surface area (Å²) in [4.78, 5) is 14.8. The van der Waals surface area contributed by atoms with Gasteiger partial charge in [-0.1, -0.05) is 182 Å². The predicted molar refractivity (Wildman–Crippen MR) is 207 cm³/mol. The monoisotopic (exact) mass is 643 g/mol. The molecule has 1 heterocycles. The fourth-order valence-corrected chi connectivity index (χ4v) is 6.42. The van der Waals surface area contributed by atoms with Crippen molar-refractivity contribution in [2.45, 2.75) is 0 Å². The lowest BCUT2D eigenvalue weighted by molar-refractivity contribution is 1.07. The second-order valence-electron chi connectivity index (χ2n) is 12.0. The van der Waals surface area contributed by atoms with Crippen molar-refractivity contribution < 1.29 is 8.22 Å². The maximum atomic E-state index is 9.31. The molecule has 234 valence electrons. The van der Waals surface area contributed by atoms with Crippen molar-refractivity contribution >= 4 is 21.5 Å². The molecular weight excluding hydrogens is 607 g/mol. The molecule has 0 saturated heterocycles. The minimum atomic E-state index is -0.405. The molecule has 3 heteroatoms. The van der Waals surface area contributed by atoms with Crippen LogP contribution in [-0.2, 0) is 0 Å². The molecule has 0 aliphatic heterocycles. The lowest BCUT2D eigenvalue weighted by Gasteiger charge is -2.13. The van der Waals surface area contributed by atoms with E-state index in [9.17, 15) is 2.74 Å². The van der Waals surface area contributed by atoms with Gasteiger partial charge in [0, 0.05) is 16.7 Å². The fourth-order valence-electron chi connectivity index (χ4n) is 6.42. The van der Waals surface area contributed by atoms with Crippen LogP contribution in [0.15, 0.2) is 188 Å². The molecule has 0 atom stereocenters. The van der Waals surface area contributed by atoms with Crippen LogP contribution >= 0.6 is 0 Å². The summed E-state index contributed by atoms with van der Waals surface area (Å²) in [6, 6.07) is 47.1. The molecule has 0 spiro atoms. The first-order valence-corrected chi connectivity index (χ1v) is 16.4. The molecule has 8 aromatic carbocycles. The van der Waals surface area contributed by atoms with Crippen molar-refractivity contribution in [1.82, 2.24) is 15.0 Å². The Hall–Kier alpha value is -6.71. The molecule has 0 bridgehead atoms. The standard InChI is InChI=1S/C47H31N3/c1-3-13-32(14-4-1)41-29-30-42(44-23-10-9-22-43(41)44)37-19-11-20-38(31-37)47-49-45(35-16-5-2-6-17-35)48-46(50-47)36-27-25-34(26-28-36)40-24-12-18-33-15-7-8-21-39(33)40/h1-31H/i9D,10D,22D,23D,29D,30D. The molecule has 0 aliphatic rings. The van der Waals surface area contributed by atoms with Gasteiger partial charge in [-0.05, 0) is 61.0 Å². The molecule has 3 nitrogen and oxygen atoms in total. The van der Waals surface area contributed by atoms with Gasteiger partial charge in [0.1, 0.15) is 0 Å². The van der Waals surface area contributed by atoms with Gasteiger partial charge in [-0.25, -0.2) is 15.0 Å². The first-order chi connectivity index (χ1) is 27.3. The van der Waals surface area contributed by atoms with Crippen molar-refractivity contribution in [2.75, 3.05) is 0 Å². The van der Waals surface area contributed by atoms with Gasteiger partial charge >= 0.3 is 0 Å². The fraction of sp³-hybridized carbons (Fsp3) is 0. The lowest BCUT2D eigenvalue weighted by Crippen LogP contribution is -2.00. The van der Waals surface area contributed by atoms with Crippen LogP contribution in [0.2, 0.25) is 0 Å². The summed E-state index contributed by atoms with van der Waals surface area (Å²) in [6.07, 6.45) is 0. The molecule has 0 saturated carbocycles. The van der Waals surface area contributed by atoms with Gasteiger partial charge < -0.3 is 0 Å². The van der Waals surface area contributed by atoms with E-state index in [-0.39, 0.29) is 40.5 Å². The van der Waals surface area contributed by atoms with Gasteiger partial charge in [0.2, 0.25) is 0 Å². The normalized spacial score (nSPS) is 12.9. The van der Waals surface area contributed by atoms with Crippen LogP contribution in [0.4, 0.5) is 0 Å². The minimum Gasteiger partial charge on any atom is -0.208 e. The maximum absolute atomic E-state index is 9.31. The zero-order chi connectivity index (χ0) is 38.5. The van der Waals surface area contributed by atoms with Gasteiger partial charge in [0.05, 0.1) is 8.22 Å². The van der Waals surface area contributed by atoms with Crippen LogP contribution < -0.4 is 0 Å². The van der Waals surface area contributed by atoms with Crippen LogP contribution in [0.1, 0.15) is 8.22 Å². The predicted octanol–water partition coefficient (Wildman–Crippen LogP) is 12.2. The largest absolute Gasteiger partial charge is 0.208 e. The van der Waals surface area contributed by atoms with E-state index in [1.807, 2.05) is 72.8 Å². The molecule has 0 aliphatic carbocycles. The van der Waals surface area contributed by atoms with Gasteiger partial charge in [-0.15, -0.1) is 0 Å². The molecule has 9 aromatic rings.